The van der Waals surface area contributed by atoms with Crippen molar-refractivity contribution in [2.24, 2.45) is 0 Å². The fourth-order valence-corrected chi connectivity index (χ4v) is 3.53. The number of ketones is 1. The van der Waals surface area contributed by atoms with Crippen LogP contribution in [0.4, 0.5) is 0 Å². The average Bonchev–Trinajstić information content (AvgIpc) is 2.77. The zero-order valence-corrected chi connectivity index (χ0v) is 11.5. The van der Waals surface area contributed by atoms with Gasteiger partial charge < -0.3 is 5.32 Å². The molecule has 0 amide bonds. The Kier molecular flexibility index (Phi) is 4.00. The maximum absolute atomic E-state index is 12.3. The molecule has 1 heterocycles. The molecule has 0 unspecified atom stereocenters. The highest BCUT2D eigenvalue weighted by atomic mass is 32.1. The highest BCUT2D eigenvalue weighted by Crippen LogP contribution is 2.32. The summed E-state index contributed by atoms with van der Waals surface area (Å²) in [6, 6.07) is 4.00. The number of nitrogens with one attached hydrogen (secondary N) is 1. The second-order valence-corrected chi connectivity index (χ2v) is 6.39. The zero-order chi connectivity index (χ0) is 12.3. The molecule has 3 heteroatoms. The summed E-state index contributed by atoms with van der Waals surface area (Å²) >= 11 is 1.62. The monoisotopic (exact) mass is 251 g/mol. The van der Waals surface area contributed by atoms with Crippen LogP contribution in [0, 0.1) is 6.92 Å². The van der Waals surface area contributed by atoms with E-state index in [4.69, 9.17) is 0 Å². The summed E-state index contributed by atoms with van der Waals surface area (Å²) in [5.41, 5.74) is 0.0627. The molecule has 2 rings (SSSR count). The molecule has 0 atom stereocenters. The molecule has 1 fully saturated rings. The lowest BCUT2D eigenvalue weighted by Crippen LogP contribution is -2.46. The quantitative estimate of drug-likeness (QED) is 0.829. The number of hydrogen-bond acceptors (Lipinski definition) is 3. The van der Waals surface area contributed by atoms with Gasteiger partial charge in [-0.05, 0) is 38.9 Å². The molecule has 0 spiro atoms. The van der Waals surface area contributed by atoms with Gasteiger partial charge in [-0.25, -0.2) is 0 Å². The predicted molar refractivity (Wildman–Crippen MR) is 72.9 cm³/mol. The first-order valence-electron chi connectivity index (χ1n) is 6.44. The number of carbonyl (C=O) groups excluding carboxylic acids is 1. The molecule has 0 bridgehead atoms. The van der Waals surface area contributed by atoms with Crippen molar-refractivity contribution in [3.63, 3.8) is 0 Å². The minimum Gasteiger partial charge on any atom is -0.314 e. The Balaban J connectivity index is 2.05. The van der Waals surface area contributed by atoms with E-state index in [-0.39, 0.29) is 5.54 Å². The predicted octanol–water partition coefficient (Wildman–Crippen LogP) is 3.55. The van der Waals surface area contributed by atoms with Crippen LogP contribution in [0.15, 0.2) is 12.1 Å². The van der Waals surface area contributed by atoms with Gasteiger partial charge in [0.1, 0.15) is 0 Å². The highest BCUT2D eigenvalue weighted by Gasteiger charge is 2.33. The summed E-state index contributed by atoms with van der Waals surface area (Å²) in [6.45, 7) is 2.05. The number of rotatable bonds is 4. The van der Waals surface area contributed by atoms with Crippen molar-refractivity contribution >= 4 is 17.1 Å². The molecule has 1 N–H and O–H groups in total. The van der Waals surface area contributed by atoms with Crippen molar-refractivity contribution in [1.29, 1.82) is 0 Å². The van der Waals surface area contributed by atoms with Gasteiger partial charge in [-0.3, -0.25) is 4.79 Å². The van der Waals surface area contributed by atoms with Crippen LogP contribution >= 0.6 is 11.3 Å². The smallest absolute Gasteiger partial charge is 0.174 e. The van der Waals surface area contributed by atoms with Crippen molar-refractivity contribution in [3.05, 3.63) is 21.9 Å². The van der Waals surface area contributed by atoms with Crippen molar-refractivity contribution in [2.45, 2.75) is 51.0 Å². The highest BCUT2D eigenvalue weighted by molar-refractivity contribution is 7.14. The summed E-state index contributed by atoms with van der Waals surface area (Å²) < 4.78 is 0. The van der Waals surface area contributed by atoms with Crippen LogP contribution < -0.4 is 5.32 Å². The molecule has 17 heavy (non-hydrogen) atoms. The molecule has 2 nitrogen and oxygen atoms in total. The van der Waals surface area contributed by atoms with Gasteiger partial charge in [-0.2, -0.15) is 0 Å². The fraction of sp³-hybridized carbons (Fsp3) is 0.643. The van der Waals surface area contributed by atoms with E-state index in [9.17, 15) is 4.79 Å². The minimum absolute atomic E-state index is 0.0627. The Hall–Kier alpha value is -0.670. The SMILES string of the molecule is CNC1(CC(=O)c2ccc(C)s2)CCCCC1. The summed E-state index contributed by atoms with van der Waals surface area (Å²) in [5, 5.41) is 3.41. The largest absolute Gasteiger partial charge is 0.314 e. The summed E-state index contributed by atoms with van der Waals surface area (Å²) in [7, 11) is 2.00. The Labute approximate surface area is 107 Å². The molecule has 1 saturated carbocycles. The molecule has 0 aliphatic heterocycles. The van der Waals surface area contributed by atoms with Crippen LogP contribution in [0.3, 0.4) is 0 Å². The van der Waals surface area contributed by atoms with Gasteiger partial charge in [0.25, 0.3) is 0 Å². The number of hydrogen-bond donors (Lipinski definition) is 1. The normalized spacial score (nSPS) is 19.2. The molecule has 0 radical (unpaired) electrons. The lowest BCUT2D eigenvalue weighted by atomic mass is 9.78. The molecule has 0 aromatic carbocycles. The lowest BCUT2D eigenvalue weighted by Gasteiger charge is -2.36. The standard InChI is InChI=1S/C14H21NOS/c1-11-6-7-13(17-11)12(16)10-14(15-2)8-4-3-5-9-14/h6-7,15H,3-5,8-10H2,1-2H3. The van der Waals surface area contributed by atoms with Crippen LogP contribution in [-0.2, 0) is 0 Å². The molecule has 1 aliphatic carbocycles. The van der Waals surface area contributed by atoms with Gasteiger partial charge in [-0.1, -0.05) is 19.3 Å². The van der Waals surface area contributed by atoms with Gasteiger partial charge >= 0.3 is 0 Å². The minimum atomic E-state index is 0.0627. The number of aryl methyl sites for hydroxylation is 1. The summed E-state index contributed by atoms with van der Waals surface area (Å²) in [5.74, 6) is 0.305. The Morgan fingerprint density at radius 3 is 2.59 bits per heavy atom. The van der Waals surface area contributed by atoms with Gasteiger partial charge in [0.05, 0.1) is 4.88 Å². The maximum atomic E-state index is 12.3. The van der Waals surface area contributed by atoms with Gasteiger partial charge in [0.2, 0.25) is 0 Å². The first-order chi connectivity index (χ1) is 8.15. The van der Waals surface area contributed by atoms with Gasteiger partial charge in [0, 0.05) is 16.8 Å². The average molecular weight is 251 g/mol. The second-order valence-electron chi connectivity index (χ2n) is 5.10. The molecular formula is C14H21NOS. The maximum Gasteiger partial charge on any atom is 0.174 e. The van der Waals surface area contributed by atoms with E-state index < -0.39 is 0 Å². The Morgan fingerprint density at radius 1 is 1.35 bits per heavy atom. The molecule has 1 aliphatic rings. The first-order valence-corrected chi connectivity index (χ1v) is 7.25. The molecule has 1 aromatic rings. The number of Topliss-reactive ketones (excluding diaryl/α,β-unsaturated/α-hetero) is 1. The third kappa shape index (κ3) is 2.96. The summed E-state index contributed by atoms with van der Waals surface area (Å²) in [4.78, 5) is 14.4. The topological polar surface area (TPSA) is 29.1 Å². The Bertz CT molecular complexity index is 391. The van der Waals surface area contributed by atoms with Crippen molar-refractivity contribution in [2.75, 3.05) is 7.05 Å². The lowest BCUT2D eigenvalue weighted by molar-refractivity contribution is 0.0919. The molecular weight excluding hydrogens is 230 g/mol. The zero-order valence-electron chi connectivity index (χ0n) is 10.7. The van der Waals surface area contributed by atoms with E-state index in [1.54, 1.807) is 11.3 Å². The van der Waals surface area contributed by atoms with Crippen molar-refractivity contribution in [3.8, 4) is 0 Å². The van der Waals surface area contributed by atoms with E-state index in [2.05, 4.69) is 12.2 Å². The van der Waals surface area contributed by atoms with Crippen LogP contribution in [0.5, 0.6) is 0 Å². The second kappa shape index (κ2) is 5.32. The number of carbonyl (C=O) groups is 1. The van der Waals surface area contributed by atoms with E-state index in [1.165, 1.54) is 24.1 Å². The third-order valence-corrected chi connectivity index (χ3v) is 4.90. The molecule has 1 aromatic heterocycles. The van der Waals surface area contributed by atoms with Gasteiger partial charge in [0.15, 0.2) is 5.78 Å². The van der Waals surface area contributed by atoms with Crippen molar-refractivity contribution in [1.82, 2.24) is 5.32 Å². The van der Waals surface area contributed by atoms with Crippen LogP contribution in [0.25, 0.3) is 0 Å². The number of thiophene rings is 1. The summed E-state index contributed by atoms with van der Waals surface area (Å²) in [6.07, 6.45) is 6.74. The van der Waals surface area contributed by atoms with E-state index in [1.807, 2.05) is 19.2 Å². The van der Waals surface area contributed by atoms with E-state index in [0.29, 0.717) is 12.2 Å². The van der Waals surface area contributed by atoms with Crippen LogP contribution in [-0.4, -0.2) is 18.4 Å². The van der Waals surface area contributed by atoms with Crippen LogP contribution in [0.1, 0.15) is 53.1 Å². The fourth-order valence-electron chi connectivity index (χ4n) is 2.72. The molecule has 0 saturated heterocycles. The van der Waals surface area contributed by atoms with Gasteiger partial charge in [-0.15, -0.1) is 11.3 Å². The van der Waals surface area contributed by atoms with E-state index >= 15 is 0 Å². The third-order valence-electron chi connectivity index (χ3n) is 3.86. The first kappa shape index (κ1) is 12.8. The van der Waals surface area contributed by atoms with Crippen molar-refractivity contribution < 1.29 is 4.79 Å². The van der Waals surface area contributed by atoms with E-state index in [0.717, 1.165) is 17.7 Å². The molecule has 94 valence electrons. The Morgan fingerprint density at radius 2 is 2.06 bits per heavy atom. The van der Waals surface area contributed by atoms with Crippen LogP contribution in [0.2, 0.25) is 0 Å².